The Hall–Kier alpha value is -1.14. The number of rotatable bonds is 6. The van der Waals surface area contributed by atoms with Crippen LogP contribution in [-0.2, 0) is 42.3 Å². The molecule has 3 heteroatoms. The standard InChI is InChI=1S/2C14H15.2ClH.Zr/c2*1-3-13-11(2)7-6-10-14(13)12-8-4-5-9-12;;;/h2*4-10H,3H2,1-2H3;2*1H;/q;;;;+2/p-2. The van der Waals surface area contributed by atoms with Crippen LogP contribution < -0.4 is 24.8 Å². The quantitative estimate of drug-likeness (QED) is 0.522. The number of hydrogen-bond acceptors (Lipinski definition) is 0. The maximum absolute atomic E-state index is 2.50. The van der Waals surface area contributed by atoms with Crippen molar-refractivity contribution in [1.29, 1.82) is 0 Å². The van der Waals surface area contributed by atoms with Gasteiger partial charge in [-0.1, -0.05) is 0 Å². The number of aryl methyl sites for hydroxylation is 2. The molecule has 0 heterocycles. The second-order valence-electron chi connectivity index (χ2n) is 8.21. The minimum atomic E-state index is -1.07. The van der Waals surface area contributed by atoms with Crippen LogP contribution in [0.3, 0.4) is 0 Å². The molecule has 0 saturated heterocycles. The first kappa shape index (κ1) is 26.1. The summed E-state index contributed by atoms with van der Waals surface area (Å²) in [5, 5.41) is 0. The van der Waals surface area contributed by atoms with Gasteiger partial charge >= 0.3 is 188 Å². The summed E-state index contributed by atoms with van der Waals surface area (Å²) in [5.74, 6) is 0. The summed E-state index contributed by atoms with van der Waals surface area (Å²) >= 11 is -1.07. The molecule has 0 saturated carbocycles. The topological polar surface area (TPSA) is 0 Å². The summed E-state index contributed by atoms with van der Waals surface area (Å²) in [6.07, 6.45) is 21.3. The van der Waals surface area contributed by atoms with Crippen molar-refractivity contribution in [3.8, 4) is 0 Å². The van der Waals surface area contributed by atoms with Crippen LogP contribution in [0.5, 0.6) is 0 Å². The second-order valence-corrected chi connectivity index (χ2v) is 12.9. The summed E-state index contributed by atoms with van der Waals surface area (Å²) in [4.78, 5) is 0. The Morgan fingerprint density at radius 2 is 0.968 bits per heavy atom. The number of benzene rings is 2. The molecule has 0 aromatic heterocycles. The molecule has 0 spiro atoms. The predicted octanol–water partition coefficient (Wildman–Crippen LogP) is 0.862. The van der Waals surface area contributed by atoms with Gasteiger partial charge in [0.05, 0.1) is 0 Å². The van der Waals surface area contributed by atoms with Crippen LogP contribution in [0.1, 0.15) is 47.2 Å². The summed E-state index contributed by atoms with van der Waals surface area (Å²) in [6, 6.07) is 13.8. The van der Waals surface area contributed by atoms with Gasteiger partial charge in [0.15, 0.2) is 0 Å². The molecule has 0 radical (unpaired) electrons. The van der Waals surface area contributed by atoms with E-state index >= 15 is 0 Å². The van der Waals surface area contributed by atoms with Crippen LogP contribution >= 0.6 is 0 Å². The van der Waals surface area contributed by atoms with E-state index in [2.05, 4.69) is 113 Å². The molecule has 0 unspecified atom stereocenters. The molecule has 0 atom stereocenters. The Bertz CT molecular complexity index is 935. The predicted molar refractivity (Wildman–Crippen MR) is 121 cm³/mol. The van der Waals surface area contributed by atoms with Crippen LogP contribution in [0.25, 0.3) is 0 Å². The monoisotopic (exact) mass is 526 g/mol. The van der Waals surface area contributed by atoms with E-state index < -0.39 is 23.2 Å². The minimum Gasteiger partial charge on any atom is -1.00 e. The summed E-state index contributed by atoms with van der Waals surface area (Å²) in [7, 11) is 0. The normalized spacial score (nSPS) is 16.6. The van der Waals surface area contributed by atoms with E-state index in [0.29, 0.717) is 0 Å². The van der Waals surface area contributed by atoms with Crippen molar-refractivity contribution >= 4 is 0 Å². The van der Waals surface area contributed by atoms with Crippen molar-refractivity contribution in [2.75, 3.05) is 0 Å². The first-order chi connectivity index (χ1) is 14.1. The number of halogens is 2. The molecule has 0 aliphatic heterocycles. The summed E-state index contributed by atoms with van der Waals surface area (Å²) in [5.41, 5.74) is 8.99. The van der Waals surface area contributed by atoms with Crippen LogP contribution in [0.4, 0.5) is 0 Å². The number of allylic oxidation sites excluding steroid dienone is 8. The van der Waals surface area contributed by atoms with Crippen LogP contribution in [0, 0.1) is 13.8 Å². The van der Waals surface area contributed by atoms with Crippen molar-refractivity contribution in [3.05, 3.63) is 118 Å². The number of hydrogen-bond donors (Lipinski definition) is 0. The fourth-order valence-corrected chi connectivity index (χ4v) is 10.3. The zero-order valence-electron chi connectivity index (χ0n) is 18.8. The summed E-state index contributed by atoms with van der Waals surface area (Å²) < 4.78 is 0.184. The molecular formula is C28H30Cl2Zr. The zero-order chi connectivity index (χ0) is 20.5. The molecule has 31 heavy (non-hydrogen) atoms. The second kappa shape index (κ2) is 10.7. The fraction of sp³-hybridized carbons (Fsp3) is 0.286. The minimum absolute atomic E-state index is 0. The maximum atomic E-state index is 2.50. The summed E-state index contributed by atoms with van der Waals surface area (Å²) in [6.45, 7) is 9.14. The Morgan fingerprint density at radius 1 is 0.613 bits per heavy atom. The van der Waals surface area contributed by atoms with Gasteiger partial charge in [-0.05, 0) is 0 Å². The van der Waals surface area contributed by atoms with Gasteiger partial charge in [-0.2, -0.15) is 0 Å². The van der Waals surface area contributed by atoms with Gasteiger partial charge in [0.1, 0.15) is 0 Å². The SMILES string of the molecule is CCc1c(C)cccc1[C]1([Zr+2][C]2(c3cccc(C)c3CC)C=CC=C2)C=CC=C1.[Cl-].[Cl-]. The largest absolute Gasteiger partial charge is 1.00 e. The molecule has 0 amide bonds. The van der Waals surface area contributed by atoms with Gasteiger partial charge in [-0.25, -0.2) is 0 Å². The van der Waals surface area contributed by atoms with Gasteiger partial charge < -0.3 is 24.8 Å². The molecule has 0 bridgehead atoms. The average Bonchev–Trinajstić information content (AvgIpc) is 3.39. The van der Waals surface area contributed by atoms with E-state index in [0.717, 1.165) is 12.8 Å². The van der Waals surface area contributed by atoms with Crippen LogP contribution in [0.15, 0.2) is 85.0 Å². The Balaban J connectivity index is 0.00000171. The first-order valence-electron chi connectivity index (χ1n) is 10.8. The van der Waals surface area contributed by atoms with E-state index in [-0.39, 0.29) is 31.1 Å². The van der Waals surface area contributed by atoms with E-state index in [1.165, 1.54) is 33.4 Å². The van der Waals surface area contributed by atoms with E-state index in [9.17, 15) is 0 Å². The van der Waals surface area contributed by atoms with Crippen molar-refractivity contribution in [2.24, 2.45) is 0 Å². The molecule has 2 aromatic rings. The van der Waals surface area contributed by atoms with E-state index in [1.807, 2.05) is 0 Å². The Morgan fingerprint density at radius 3 is 1.29 bits per heavy atom. The maximum Gasteiger partial charge on any atom is -1.00 e. The molecule has 0 fully saturated rings. The van der Waals surface area contributed by atoms with Gasteiger partial charge in [0.25, 0.3) is 0 Å². The average molecular weight is 529 g/mol. The van der Waals surface area contributed by atoms with E-state index in [1.54, 1.807) is 0 Å². The Labute approximate surface area is 212 Å². The van der Waals surface area contributed by atoms with Crippen molar-refractivity contribution < 1.29 is 48.0 Å². The van der Waals surface area contributed by atoms with Crippen molar-refractivity contribution in [2.45, 2.75) is 46.8 Å². The Kier molecular flexibility index (Phi) is 8.98. The van der Waals surface area contributed by atoms with E-state index in [4.69, 9.17) is 0 Å². The molecule has 2 aliphatic rings. The third-order valence-corrected chi connectivity index (χ3v) is 11.5. The van der Waals surface area contributed by atoms with Gasteiger partial charge in [0, 0.05) is 0 Å². The smallest absolute Gasteiger partial charge is 1.00 e. The van der Waals surface area contributed by atoms with Gasteiger partial charge in [-0.3, -0.25) is 0 Å². The van der Waals surface area contributed by atoms with Gasteiger partial charge in [0.2, 0.25) is 0 Å². The zero-order valence-corrected chi connectivity index (χ0v) is 22.7. The molecule has 2 aromatic carbocycles. The third-order valence-electron chi connectivity index (χ3n) is 6.49. The van der Waals surface area contributed by atoms with Crippen LogP contribution in [-0.4, -0.2) is 0 Å². The van der Waals surface area contributed by atoms with Gasteiger partial charge in [-0.15, -0.1) is 0 Å². The molecule has 0 N–H and O–H groups in total. The first-order valence-corrected chi connectivity index (χ1v) is 13.2. The van der Waals surface area contributed by atoms with Crippen molar-refractivity contribution in [3.63, 3.8) is 0 Å². The molecule has 160 valence electrons. The molecule has 0 nitrogen and oxygen atoms in total. The molecule has 2 aliphatic carbocycles. The fourth-order valence-electron chi connectivity index (χ4n) is 5.06. The van der Waals surface area contributed by atoms with Crippen LogP contribution in [0.2, 0.25) is 0 Å². The molecule has 4 rings (SSSR count). The van der Waals surface area contributed by atoms with Crippen molar-refractivity contribution in [1.82, 2.24) is 0 Å². The molecular weight excluding hydrogens is 498 g/mol. The third kappa shape index (κ3) is 4.66.